The highest BCUT2D eigenvalue weighted by Gasteiger charge is 2.25. The van der Waals surface area contributed by atoms with Crippen LogP contribution in [0.1, 0.15) is 32.1 Å². The van der Waals surface area contributed by atoms with Gasteiger partial charge >= 0.3 is 0 Å². The Morgan fingerprint density at radius 1 is 1.33 bits per heavy atom. The molecule has 1 aromatic carbocycles. The Balaban J connectivity index is 1.46. The highest BCUT2D eigenvalue weighted by atomic mass is 79.9. The van der Waals surface area contributed by atoms with Crippen molar-refractivity contribution in [3.8, 4) is 11.3 Å². The Labute approximate surface area is 189 Å². The molecule has 1 fully saturated rings. The van der Waals surface area contributed by atoms with Crippen molar-refractivity contribution in [1.82, 2.24) is 19.5 Å². The van der Waals surface area contributed by atoms with Crippen molar-refractivity contribution in [3.63, 3.8) is 0 Å². The number of anilines is 1. The van der Waals surface area contributed by atoms with Gasteiger partial charge in [0.15, 0.2) is 5.65 Å². The van der Waals surface area contributed by atoms with Crippen LogP contribution < -0.4 is 5.32 Å². The number of hydrogen-bond donors (Lipinski definition) is 1. The van der Waals surface area contributed by atoms with Gasteiger partial charge in [-0.25, -0.2) is 4.98 Å². The molecule has 158 valence electrons. The minimum absolute atomic E-state index is 0.224. The van der Waals surface area contributed by atoms with E-state index in [1.54, 1.807) is 10.7 Å². The standard InChI is InChI=1S/C22H25BrClN5O/c1-28(22(30)15-7-2-3-8-15)12-6-11-25-20-13-19(16-9-4-5-10-18(16)24)27-21-17(23)14-26-29(20)21/h4-5,9-10,13-15,25H,2-3,6-8,11-12H2,1H3. The molecule has 0 radical (unpaired) electrons. The van der Waals surface area contributed by atoms with Crippen molar-refractivity contribution >= 4 is 44.9 Å². The Hall–Kier alpha value is -2.12. The quantitative estimate of drug-likeness (QED) is 0.459. The monoisotopic (exact) mass is 489 g/mol. The van der Waals surface area contributed by atoms with E-state index in [0.29, 0.717) is 5.02 Å². The summed E-state index contributed by atoms with van der Waals surface area (Å²) in [6.07, 6.45) is 7.01. The van der Waals surface area contributed by atoms with Gasteiger partial charge < -0.3 is 10.2 Å². The molecule has 1 saturated carbocycles. The number of carbonyl (C=O) groups is 1. The molecular weight excluding hydrogens is 466 g/mol. The lowest BCUT2D eigenvalue weighted by Crippen LogP contribution is -2.33. The zero-order chi connectivity index (χ0) is 21.1. The Morgan fingerprint density at radius 2 is 2.10 bits per heavy atom. The van der Waals surface area contributed by atoms with Crippen LogP contribution in [-0.2, 0) is 4.79 Å². The Morgan fingerprint density at radius 3 is 2.87 bits per heavy atom. The molecule has 3 aromatic rings. The van der Waals surface area contributed by atoms with Gasteiger partial charge in [0, 0.05) is 42.7 Å². The first-order chi connectivity index (χ1) is 14.5. The molecule has 1 aliphatic carbocycles. The second-order valence-electron chi connectivity index (χ2n) is 7.76. The molecule has 0 bridgehead atoms. The minimum Gasteiger partial charge on any atom is -0.370 e. The fourth-order valence-electron chi connectivity index (χ4n) is 4.00. The number of carbonyl (C=O) groups excluding carboxylic acids is 1. The van der Waals surface area contributed by atoms with Crippen molar-refractivity contribution in [2.75, 3.05) is 25.5 Å². The molecule has 1 amide bonds. The van der Waals surface area contributed by atoms with E-state index in [2.05, 4.69) is 26.3 Å². The molecule has 30 heavy (non-hydrogen) atoms. The molecule has 8 heteroatoms. The van der Waals surface area contributed by atoms with Gasteiger partial charge in [0.05, 0.1) is 16.4 Å². The maximum absolute atomic E-state index is 12.5. The van der Waals surface area contributed by atoms with Gasteiger partial charge in [-0.15, -0.1) is 0 Å². The van der Waals surface area contributed by atoms with Crippen LogP contribution in [0, 0.1) is 5.92 Å². The van der Waals surface area contributed by atoms with Gasteiger partial charge in [0.25, 0.3) is 0 Å². The summed E-state index contributed by atoms with van der Waals surface area (Å²) >= 11 is 9.91. The third-order valence-electron chi connectivity index (χ3n) is 5.64. The molecule has 2 aromatic heterocycles. The summed E-state index contributed by atoms with van der Waals surface area (Å²) in [6, 6.07) is 9.63. The topological polar surface area (TPSA) is 62.5 Å². The van der Waals surface area contributed by atoms with Crippen LogP contribution in [0.15, 0.2) is 41.0 Å². The maximum Gasteiger partial charge on any atom is 0.225 e. The number of aromatic nitrogens is 3. The molecule has 0 spiro atoms. The Bertz CT molecular complexity index is 1050. The van der Waals surface area contributed by atoms with Gasteiger partial charge in [0.2, 0.25) is 5.91 Å². The molecular formula is C22H25BrClN5O. The lowest BCUT2D eigenvalue weighted by atomic mass is 10.1. The molecule has 1 N–H and O–H groups in total. The van der Waals surface area contributed by atoms with Gasteiger partial charge in [-0.1, -0.05) is 42.6 Å². The minimum atomic E-state index is 0.224. The summed E-state index contributed by atoms with van der Waals surface area (Å²) in [7, 11) is 1.91. The first-order valence-electron chi connectivity index (χ1n) is 10.3. The molecule has 2 heterocycles. The summed E-state index contributed by atoms with van der Waals surface area (Å²) < 4.78 is 2.60. The van der Waals surface area contributed by atoms with Crippen molar-refractivity contribution in [2.45, 2.75) is 32.1 Å². The van der Waals surface area contributed by atoms with E-state index in [4.69, 9.17) is 16.6 Å². The van der Waals surface area contributed by atoms with Crippen LogP contribution in [0.4, 0.5) is 5.82 Å². The molecule has 0 aliphatic heterocycles. The average Bonchev–Trinajstić information content (AvgIpc) is 3.41. The summed E-state index contributed by atoms with van der Waals surface area (Å²) in [4.78, 5) is 19.1. The van der Waals surface area contributed by atoms with Gasteiger partial charge in [0.1, 0.15) is 5.82 Å². The van der Waals surface area contributed by atoms with Crippen LogP contribution in [0.5, 0.6) is 0 Å². The number of benzene rings is 1. The van der Waals surface area contributed by atoms with Crippen LogP contribution >= 0.6 is 27.5 Å². The van der Waals surface area contributed by atoms with E-state index >= 15 is 0 Å². The van der Waals surface area contributed by atoms with Crippen LogP contribution in [0.3, 0.4) is 0 Å². The van der Waals surface area contributed by atoms with Crippen LogP contribution in [0.2, 0.25) is 5.02 Å². The fourth-order valence-corrected chi connectivity index (χ4v) is 4.58. The second-order valence-corrected chi connectivity index (χ2v) is 9.02. The summed E-state index contributed by atoms with van der Waals surface area (Å²) in [5, 5.41) is 8.53. The summed E-state index contributed by atoms with van der Waals surface area (Å²) in [5.74, 6) is 1.35. The molecule has 0 unspecified atom stereocenters. The van der Waals surface area contributed by atoms with E-state index in [-0.39, 0.29) is 11.8 Å². The van der Waals surface area contributed by atoms with E-state index in [1.807, 2.05) is 42.3 Å². The molecule has 4 rings (SSSR count). The summed E-state index contributed by atoms with van der Waals surface area (Å²) in [5.41, 5.74) is 2.38. The first kappa shape index (κ1) is 21.1. The lowest BCUT2D eigenvalue weighted by Gasteiger charge is -2.21. The normalized spacial score (nSPS) is 14.4. The predicted molar refractivity (Wildman–Crippen MR) is 124 cm³/mol. The van der Waals surface area contributed by atoms with E-state index in [0.717, 1.165) is 59.5 Å². The third kappa shape index (κ3) is 4.47. The highest BCUT2D eigenvalue weighted by molar-refractivity contribution is 9.10. The fraction of sp³-hybridized carbons (Fsp3) is 0.409. The second kappa shape index (κ2) is 9.35. The van der Waals surface area contributed by atoms with Gasteiger partial charge in [-0.3, -0.25) is 4.79 Å². The number of halogens is 2. The van der Waals surface area contributed by atoms with Crippen molar-refractivity contribution < 1.29 is 4.79 Å². The maximum atomic E-state index is 12.5. The summed E-state index contributed by atoms with van der Waals surface area (Å²) in [6.45, 7) is 1.46. The van der Waals surface area contributed by atoms with Crippen molar-refractivity contribution in [3.05, 3.63) is 46.0 Å². The molecule has 1 aliphatic rings. The predicted octanol–water partition coefficient (Wildman–Crippen LogP) is 5.26. The number of amides is 1. The van der Waals surface area contributed by atoms with Crippen LogP contribution in [0.25, 0.3) is 16.9 Å². The smallest absolute Gasteiger partial charge is 0.225 e. The van der Waals surface area contributed by atoms with Gasteiger partial charge in [-0.05, 0) is 41.3 Å². The number of nitrogens with zero attached hydrogens (tertiary/aromatic N) is 4. The molecule has 0 atom stereocenters. The number of nitrogens with one attached hydrogen (secondary N) is 1. The molecule has 6 nitrogen and oxygen atoms in total. The van der Waals surface area contributed by atoms with Gasteiger partial charge in [-0.2, -0.15) is 9.61 Å². The first-order valence-corrected chi connectivity index (χ1v) is 11.5. The number of fused-ring (bicyclic) bond motifs is 1. The SMILES string of the molecule is CN(CCCNc1cc(-c2ccccc2Cl)nc2c(Br)cnn12)C(=O)C1CCCC1. The molecule has 0 saturated heterocycles. The van der Waals surface area contributed by atoms with Crippen molar-refractivity contribution in [1.29, 1.82) is 0 Å². The van der Waals surface area contributed by atoms with Crippen LogP contribution in [-0.4, -0.2) is 45.5 Å². The highest BCUT2D eigenvalue weighted by Crippen LogP contribution is 2.30. The van der Waals surface area contributed by atoms with E-state index in [9.17, 15) is 4.79 Å². The van der Waals surface area contributed by atoms with E-state index < -0.39 is 0 Å². The van der Waals surface area contributed by atoms with E-state index in [1.165, 1.54) is 12.8 Å². The zero-order valence-electron chi connectivity index (χ0n) is 16.9. The average molecular weight is 491 g/mol. The number of hydrogen-bond acceptors (Lipinski definition) is 4. The number of rotatable bonds is 7. The van der Waals surface area contributed by atoms with Crippen molar-refractivity contribution in [2.24, 2.45) is 5.92 Å². The lowest BCUT2D eigenvalue weighted by molar-refractivity contribution is -0.134. The largest absolute Gasteiger partial charge is 0.370 e. The Kier molecular flexibility index (Phi) is 6.58. The zero-order valence-corrected chi connectivity index (χ0v) is 19.3. The third-order valence-corrected chi connectivity index (χ3v) is 6.52.